The van der Waals surface area contributed by atoms with Gasteiger partial charge in [-0.2, -0.15) is 13.2 Å². The minimum Gasteiger partial charge on any atom is -0.384 e. The van der Waals surface area contributed by atoms with Crippen molar-refractivity contribution in [3.05, 3.63) is 0 Å². The van der Waals surface area contributed by atoms with Crippen LogP contribution in [0.15, 0.2) is 0 Å². The first-order valence-corrected chi connectivity index (χ1v) is 6.68. The molecule has 2 nitrogen and oxygen atoms in total. The van der Waals surface area contributed by atoms with Gasteiger partial charge in [-0.1, -0.05) is 13.8 Å². The number of methoxy groups -OCH3 is 1. The second-order valence-electron chi connectivity index (χ2n) is 4.95. The maximum Gasteiger partial charge on any atom is 0.389 e. The predicted octanol–water partition coefficient (Wildman–Crippen LogP) is 3.76. The van der Waals surface area contributed by atoms with E-state index in [0.29, 0.717) is 18.9 Å². The van der Waals surface area contributed by atoms with Crippen LogP contribution in [0.2, 0.25) is 0 Å². The fourth-order valence-electron chi connectivity index (χ4n) is 2.04. The van der Waals surface area contributed by atoms with Crippen LogP contribution in [0.1, 0.15) is 46.0 Å². The largest absolute Gasteiger partial charge is 0.389 e. The molecule has 2 atom stereocenters. The van der Waals surface area contributed by atoms with Crippen molar-refractivity contribution in [2.45, 2.75) is 58.2 Å². The summed E-state index contributed by atoms with van der Waals surface area (Å²) in [6.07, 6.45) is -2.08. The highest BCUT2D eigenvalue weighted by Gasteiger charge is 2.26. The van der Waals surface area contributed by atoms with Gasteiger partial charge in [-0.15, -0.1) is 0 Å². The van der Waals surface area contributed by atoms with Crippen molar-refractivity contribution in [3.63, 3.8) is 0 Å². The molecule has 0 amide bonds. The Labute approximate surface area is 108 Å². The average molecular weight is 269 g/mol. The molecule has 0 saturated heterocycles. The quantitative estimate of drug-likeness (QED) is 0.652. The molecule has 0 aromatic heterocycles. The molecule has 0 aliphatic rings. The van der Waals surface area contributed by atoms with E-state index >= 15 is 0 Å². The lowest BCUT2D eigenvalue weighted by atomic mass is 9.98. The molecular weight excluding hydrogens is 243 g/mol. The van der Waals surface area contributed by atoms with E-state index in [1.807, 2.05) is 0 Å². The highest BCUT2D eigenvalue weighted by molar-refractivity contribution is 4.71. The highest BCUT2D eigenvalue weighted by atomic mass is 19.4. The van der Waals surface area contributed by atoms with Crippen LogP contribution < -0.4 is 5.32 Å². The zero-order valence-electron chi connectivity index (χ0n) is 11.6. The van der Waals surface area contributed by atoms with E-state index in [4.69, 9.17) is 4.74 Å². The molecule has 0 rings (SSSR count). The van der Waals surface area contributed by atoms with Crippen LogP contribution in [0, 0.1) is 5.92 Å². The standard InChI is InChI=1S/C13H26F3NO/c1-4-8-17-12(9-11(2)10-18-3)6-5-7-13(14,15)16/h11-12,17H,4-10H2,1-3H3. The van der Waals surface area contributed by atoms with E-state index < -0.39 is 12.6 Å². The summed E-state index contributed by atoms with van der Waals surface area (Å²) in [5.74, 6) is 0.371. The summed E-state index contributed by atoms with van der Waals surface area (Å²) in [4.78, 5) is 0. The van der Waals surface area contributed by atoms with Gasteiger partial charge in [0.2, 0.25) is 0 Å². The predicted molar refractivity (Wildman–Crippen MR) is 67.6 cm³/mol. The number of nitrogens with one attached hydrogen (secondary N) is 1. The molecule has 0 saturated carbocycles. The van der Waals surface area contributed by atoms with Gasteiger partial charge in [0, 0.05) is 26.2 Å². The first-order valence-electron chi connectivity index (χ1n) is 6.68. The fraction of sp³-hybridized carbons (Fsp3) is 1.00. The van der Waals surface area contributed by atoms with E-state index in [2.05, 4.69) is 19.2 Å². The zero-order chi connectivity index (χ0) is 14.0. The molecule has 1 N–H and O–H groups in total. The summed E-state index contributed by atoms with van der Waals surface area (Å²) in [5, 5.41) is 3.32. The first-order chi connectivity index (χ1) is 8.39. The molecule has 0 heterocycles. The van der Waals surface area contributed by atoms with Crippen LogP contribution in [-0.2, 0) is 4.74 Å². The van der Waals surface area contributed by atoms with Gasteiger partial charge in [-0.25, -0.2) is 0 Å². The first kappa shape index (κ1) is 17.7. The molecule has 0 aromatic carbocycles. The zero-order valence-corrected chi connectivity index (χ0v) is 11.6. The van der Waals surface area contributed by atoms with Crippen molar-refractivity contribution in [2.75, 3.05) is 20.3 Å². The van der Waals surface area contributed by atoms with Crippen LogP contribution in [0.4, 0.5) is 13.2 Å². The Kier molecular flexibility index (Phi) is 9.46. The molecular formula is C13H26F3NO. The lowest BCUT2D eigenvalue weighted by molar-refractivity contribution is -0.135. The van der Waals surface area contributed by atoms with Gasteiger partial charge in [-0.3, -0.25) is 0 Å². The Bertz CT molecular complexity index is 197. The molecule has 0 spiro atoms. The summed E-state index contributed by atoms with van der Waals surface area (Å²) >= 11 is 0. The Morgan fingerprint density at radius 1 is 1.28 bits per heavy atom. The van der Waals surface area contributed by atoms with E-state index in [9.17, 15) is 13.2 Å². The maximum absolute atomic E-state index is 12.1. The normalized spacial score (nSPS) is 15.7. The summed E-state index contributed by atoms with van der Waals surface area (Å²) in [6.45, 7) is 5.63. The van der Waals surface area contributed by atoms with E-state index in [1.165, 1.54) is 0 Å². The van der Waals surface area contributed by atoms with Gasteiger partial charge in [0.1, 0.15) is 0 Å². The Hall–Kier alpha value is -0.290. The van der Waals surface area contributed by atoms with Crippen molar-refractivity contribution in [3.8, 4) is 0 Å². The molecule has 0 aliphatic heterocycles. The average Bonchev–Trinajstić information content (AvgIpc) is 2.24. The van der Waals surface area contributed by atoms with E-state index in [-0.39, 0.29) is 12.5 Å². The summed E-state index contributed by atoms with van der Waals surface area (Å²) < 4.78 is 41.4. The lowest BCUT2D eigenvalue weighted by Crippen LogP contribution is -2.32. The minimum absolute atomic E-state index is 0.164. The second-order valence-corrected chi connectivity index (χ2v) is 4.95. The van der Waals surface area contributed by atoms with Crippen molar-refractivity contribution in [1.29, 1.82) is 0 Å². The molecule has 18 heavy (non-hydrogen) atoms. The molecule has 0 radical (unpaired) electrons. The molecule has 0 aliphatic carbocycles. The number of hydrogen-bond acceptors (Lipinski definition) is 2. The molecule has 110 valence electrons. The third-order valence-electron chi connectivity index (χ3n) is 2.83. The van der Waals surface area contributed by atoms with Gasteiger partial charge >= 0.3 is 6.18 Å². The second kappa shape index (κ2) is 9.62. The molecule has 0 bridgehead atoms. The third-order valence-corrected chi connectivity index (χ3v) is 2.83. The van der Waals surface area contributed by atoms with Crippen LogP contribution in [0.25, 0.3) is 0 Å². The van der Waals surface area contributed by atoms with Crippen molar-refractivity contribution in [2.24, 2.45) is 5.92 Å². The van der Waals surface area contributed by atoms with Crippen molar-refractivity contribution in [1.82, 2.24) is 5.32 Å². The van der Waals surface area contributed by atoms with Gasteiger partial charge in [0.15, 0.2) is 0 Å². The number of alkyl halides is 3. The van der Waals surface area contributed by atoms with Gasteiger partial charge in [0.25, 0.3) is 0 Å². The Balaban J connectivity index is 3.98. The number of ether oxygens (including phenoxy) is 1. The summed E-state index contributed by atoms with van der Waals surface area (Å²) in [5.41, 5.74) is 0. The van der Waals surface area contributed by atoms with Crippen LogP contribution >= 0.6 is 0 Å². The minimum atomic E-state index is -4.03. The van der Waals surface area contributed by atoms with Crippen molar-refractivity contribution >= 4 is 0 Å². The van der Waals surface area contributed by atoms with Crippen LogP contribution in [-0.4, -0.2) is 32.5 Å². The summed E-state index contributed by atoms with van der Waals surface area (Å²) in [6, 6.07) is 0.164. The summed E-state index contributed by atoms with van der Waals surface area (Å²) in [7, 11) is 1.65. The fourth-order valence-corrected chi connectivity index (χ4v) is 2.04. The van der Waals surface area contributed by atoms with Gasteiger partial charge in [-0.05, 0) is 38.1 Å². The van der Waals surface area contributed by atoms with Crippen molar-refractivity contribution < 1.29 is 17.9 Å². The lowest BCUT2D eigenvalue weighted by Gasteiger charge is -2.22. The number of halogens is 3. The topological polar surface area (TPSA) is 21.3 Å². The third kappa shape index (κ3) is 10.8. The van der Waals surface area contributed by atoms with E-state index in [1.54, 1.807) is 7.11 Å². The maximum atomic E-state index is 12.1. The SMILES string of the molecule is CCCNC(CCCC(F)(F)F)CC(C)COC. The Morgan fingerprint density at radius 2 is 1.94 bits per heavy atom. The van der Waals surface area contributed by atoms with Gasteiger partial charge in [0.05, 0.1) is 0 Å². The van der Waals surface area contributed by atoms with Crippen LogP contribution in [0.5, 0.6) is 0 Å². The van der Waals surface area contributed by atoms with E-state index in [0.717, 1.165) is 19.4 Å². The van der Waals surface area contributed by atoms with Crippen LogP contribution in [0.3, 0.4) is 0 Å². The molecule has 0 aromatic rings. The Morgan fingerprint density at radius 3 is 2.44 bits per heavy atom. The van der Waals surface area contributed by atoms with Gasteiger partial charge < -0.3 is 10.1 Å². The number of rotatable bonds is 10. The highest BCUT2D eigenvalue weighted by Crippen LogP contribution is 2.23. The molecule has 0 fully saturated rings. The monoisotopic (exact) mass is 269 g/mol. The number of hydrogen-bond donors (Lipinski definition) is 1. The molecule has 2 unspecified atom stereocenters. The smallest absolute Gasteiger partial charge is 0.384 e. The molecule has 5 heteroatoms.